The Kier molecular flexibility index (Phi) is 6.26. The van der Waals surface area contributed by atoms with Crippen LogP contribution in [-0.2, 0) is 12.7 Å². The highest BCUT2D eigenvalue weighted by atomic mass is 19.4. The Bertz CT molecular complexity index is 540. The standard InChI is InChI=1S/C15H21F3N2O3/c1-14(2,3)23-11-5-4-10(12(8-11)15(16,17)18)9-20-13(22)19-6-7-21/h4-5,8,21H,6-7,9H2,1-3H3,(H2,19,20,22). The van der Waals surface area contributed by atoms with E-state index in [4.69, 9.17) is 9.84 Å². The SMILES string of the molecule is CC(C)(C)Oc1ccc(CNC(=O)NCCO)c(C(F)(F)F)c1. The molecule has 23 heavy (non-hydrogen) atoms. The highest BCUT2D eigenvalue weighted by Gasteiger charge is 2.34. The van der Waals surface area contributed by atoms with Crippen molar-refractivity contribution in [2.24, 2.45) is 0 Å². The summed E-state index contributed by atoms with van der Waals surface area (Å²) >= 11 is 0. The number of amides is 2. The van der Waals surface area contributed by atoms with Gasteiger partial charge in [-0.15, -0.1) is 0 Å². The van der Waals surface area contributed by atoms with Gasteiger partial charge in [0, 0.05) is 13.1 Å². The van der Waals surface area contributed by atoms with Gasteiger partial charge in [0.15, 0.2) is 0 Å². The summed E-state index contributed by atoms with van der Waals surface area (Å²) in [6.45, 7) is 4.70. The number of rotatable bonds is 5. The lowest BCUT2D eigenvalue weighted by atomic mass is 10.1. The lowest BCUT2D eigenvalue weighted by Gasteiger charge is -2.23. The number of carbonyl (C=O) groups excluding carboxylic acids is 1. The first-order valence-corrected chi connectivity index (χ1v) is 7.04. The summed E-state index contributed by atoms with van der Waals surface area (Å²) in [5.41, 5.74) is -1.55. The predicted octanol–water partition coefficient (Wildman–Crippen LogP) is 2.67. The van der Waals surface area contributed by atoms with Gasteiger partial charge in [0.1, 0.15) is 11.4 Å². The van der Waals surface area contributed by atoms with Gasteiger partial charge in [-0.2, -0.15) is 13.2 Å². The van der Waals surface area contributed by atoms with Crippen molar-refractivity contribution in [2.75, 3.05) is 13.2 Å². The molecule has 0 saturated carbocycles. The van der Waals surface area contributed by atoms with E-state index in [-0.39, 0.29) is 31.0 Å². The molecule has 1 aromatic carbocycles. The minimum atomic E-state index is -4.56. The molecule has 0 aliphatic rings. The molecule has 0 heterocycles. The largest absolute Gasteiger partial charge is 0.488 e. The molecule has 1 rings (SSSR count). The maximum absolute atomic E-state index is 13.2. The highest BCUT2D eigenvalue weighted by Crippen LogP contribution is 2.35. The number of benzene rings is 1. The van der Waals surface area contributed by atoms with Crippen LogP contribution in [0.15, 0.2) is 18.2 Å². The summed E-state index contributed by atoms with van der Waals surface area (Å²) in [6, 6.07) is 2.98. The fraction of sp³-hybridized carbons (Fsp3) is 0.533. The Hall–Kier alpha value is -1.96. The minimum absolute atomic E-state index is 0.0241. The second-order valence-corrected chi connectivity index (χ2v) is 5.86. The lowest BCUT2D eigenvalue weighted by molar-refractivity contribution is -0.138. The summed E-state index contributed by atoms with van der Waals surface area (Å²) in [5.74, 6) is 0.110. The number of aliphatic hydroxyl groups is 1. The van der Waals surface area contributed by atoms with Gasteiger partial charge < -0.3 is 20.5 Å². The van der Waals surface area contributed by atoms with Gasteiger partial charge in [-0.05, 0) is 38.5 Å². The number of hydrogen-bond acceptors (Lipinski definition) is 3. The molecule has 130 valence electrons. The van der Waals surface area contributed by atoms with Crippen LogP contribution in [0.1, 0.15) is 31.9 Å². The van der Waals surface area contributed by atoms with Crippen molar-refractivity contribution in [3.63, 3.8) is 0 Å². The van der Waals surface area contributed by atoms with Crippen LogP contribution in [0.5, 0.6) is 5.75 Å². The van der Waals surface area contributed by atoms with E-state index < -0.39 is 23.4 Å². The van der Waals surface area contributed by atoms with E-state index in [2.05, 4.69) is 10.6 Å². The highest BCUT2D eigenvalue weighted by molar-refractivity contribution is 5.73. The molecule has 2 amide bonds. The number of hydrogen-bond donors (Lipinski definition) is 3. The molecule has 0 aliphatic carbocycles. The zero-order valence-corrected chi connectivity index (χ0v) is 13.3. The predicted molar refractivity (Wildman–Crippen MR) is 79.1 cm³/mol. The van der Waals surface area contributed by atoms with Crippen LogP contribution >= 0.6 is 0 Å². The van der Waals surface area contributed by atoms with E-state index in [1.54, 1.807) is 20.8 Å². The van der Waals surface area contributed by atoms with Gasteiger partial charge in [0.25, 0.3) is 0 Å². The molecule has 0 aromatic heterocycles. The molecule has 1 aromatic rings. The molecule has 0 aliphatic heterocycles. The zero-order valence-electron chi connectivity index (χ0n) is 13.3. The Morgan fingerprint density at radius 2 is 1.87 bits per heavy atom. The Labute approximate surface area is 132 Å². The fourth-order valence-electron chi connectivity index (χ4n) is 1.80. The third-order valence-electron chi connectivity index (χ3n) is 2.65. The molecule has 0 atom stereocenters. The molecule has 0 bridgehead atoms. The van der Waals surface area contributed by atoms with E-state index in [1.807, 2.05) is 0 Å². The second-order valence-electron chi connectivity index (χ2n) is 5.86. The minimum Gasteiger partial charge on any atom is -0.488 e. The van der Waals surface area contributed by atoms with Gasteiger partial charge in [-0.3, -0.25) is 0 Å². The molecule has 8 heteroatoms. The average molecular weight is 334 g/mol. The molecular weight excluding hydrogens is 313 g/mol. The normalized spacial score (nSPS) is 12.0. The molecule has 0 unspecified atom stereocenters. The summed E-state index contributed by atoms with van der Waals surface area (Å²) in [6.07, 6.45) is -4.56. The molecule has 3 N–H and O–H groups in total. The number of carbonyl (C=O) groups is 1. The number of ether oxygens (including phenoxy) is 1. The molecule has 0 fully saturated rings. The average Bonchev–Trinajstić information content (AvgIpc) is 2.40. The van der Waals surface area contributed by atoms with Gasteiger partial charge in [-0.25, -0.2) is 4.79 Å². The van der Waals surface area contributed by atoms with E-state index in [0.29, 0.717) is 0 Å². The third-order valence-corrected chi connectivity index (χ3v) is 2.65. The smallest absolute Gasteiger partial charge is 0.416 e. The summed E-state index contributed by atoms with van der Waals surface area (Å²) in [4.78, 5) is 11.4. The van der Waals surface area contributed by atoms with Crippen LogP contribution < -0.4 is 15.4 Å². The molecular formula is C15H21F3N2O3. The quantitative estimate of drug-likeness (QED) is 0.775. The van der Waals surface area contributed by atoms with Crippen LogP contribution in [0, 0.1) is 0 Å². The molecule has 0 spiro atoms. The first kappa shape index (κ1) is 19.1. The number of halogens is 3. The molecule has 0 radical (unpaired) electrons. The van der Waals surface area contributed by atoms with E-state index >= 15 is 0 Å². The first-order chi connectivity index (χ1) is 10.5. The third kappa shape index (κ3) is 6.77. The van der Waals surface area contributed by atoms with Crippen molar-refractivity contribution < 1.29 is 27.8 Å². The maximum Gasteiger partial charge on any atom is 0.416 e. The van der Waals surface area contributed by atoms with Crippen LogP contribution in [0.4, 0.5) is 18.0 Å². The van der Waals surface area contributed by atoms with Gasteiger partial charge in [0.2, 0.25) is 0 Å². The van der Waals surface area contributed by atoms with Gasteiger partial charge in [-0.1, -0.05) is 6.07 Å². The van der Waals surface area contributed by atoms with Crippen molar-refractivity contribution in [1.29, 1.82) is 0 Å². The zero-order chi connectivity index (χ0) is 17.7. The molecule has 0 saturated heterocycles. The number of nitrogens with one attached hydrogen (secondary N) is 2. The van der Waals surface area contributed by atoms with Crippen molar-refractivity contribution in [2.45, 2.75) is 39.1 Å². The summed E-state index contributed by atoms with van der Waals surface area (Å²) in [7, 11) is 0. The van der Waals surface area contributed by atoms with Gasteiger partial charge in [0.05, 0.1) is 12.2 Å². The number of aliphatic hydroxyl groups excluding tert-OH is 1. The van der Waals surface area contributed by atoms with Crippen LogP contribution in [0.25, 0.3) is 0 Å². The van der Waals surface area contributed by atoms with Crippen molar-refractivity contribution in [3.8, 4) is 5.75 Å². The van der Waals surface area contributed by atoms with Crippen LogP contribution in [0.3, 0.4) is 0 Å². The summed E-state index contributed by atoms with van der Waals surface area (Å²) < 4.78 is 45.0. The van der Waals surface area contributed by atoms with Crippen molar-refractivity contribution >= 4 is 6.03 Å². The van der Waals surface area contributed by atoms with E-state index in [9.17, 15) is 18.0 Å². The Morgan fingerprint density at radius 3 is 2.39 bits per heavy atom. The number of alkyl halides is 3. The van der Waals surface area contributed by atoms with Crippen molar-refractivity contribution in [3.05, 3.63) is 29.3 Å². The van der Waals surface area contributed by atoms with E-state index in [0.717, 1.165) is 6.07 Å². The number of urea groups is 1. The Balaban J connectivity index is 2.92. The van der Waals surface area contributed by atoms with E-state index in [1.165, 1.54) is 12.1 Å². The van der Waals surface area contributed by atoms with Gasteiger partial charge >= 0.3 is 12.2 Å². The lowest BCUT2D eigenvalue weighted by Crippen LogP contribution is -2.37. The van der Waals surface area contributed by atoms with Crippen LogP contribution in [-0.4, -0.2) is 29.9 Å². The summed E-state index contributed by atoms with van der Waals surface area (Å²) in [5, 5.41) is 13.2. The van der Waals surface area contributed by atoms with Crippen LogP contribution in [0.2, 0.25) is 0 Å². The second kappa shape index (κ2) is 7.54. The monoisotopic (exact) mass is 334 g/mol. The molecule has 5 nitrogen and oxygen atoms in total. The topological polar surface area (TPSA) is 70.6 Å². The fourth-order valence-corrected chi connectivity index (χ4v) is 1.80. The Morgan fingerprint density at radius 1 is 1.22 bits per heavy atom. The maximum atomic E-state index is 13.2. The first-order valence-electron chi connectivity index (χ1n) is 7.04. The van der Waals surface area contributed by atoms with Crippen molar-refractivity contribution in [1.82, 2.24) is 10.6 Å².